The van der Waals surface area contributed by atoms with Crippen molar-refractivity contribution in [2.45, 2.75) is 24.7 Å². The largest absolute Gasteiger partial charge is 0.545 e. The first-order valence-corrected chi connectivity index (χ1v) is 3.56. The topological polar surface area (TPSA) is 107 Å². The molecule has 0 aromatic carbocycles. The van der Waals surface area contributed by atoms with Gasteiger partial charge in [0.15, 0.2) is 0 Å². The van der Waals surface area contributed by atoms with E-state index in [9.17, 15) is 9.90 Å². The van der Waals surface area contributed by atoms with Crippen molar-refractivity contribution in [3.63, 3.8) is 0 Å². The summed E-state index contributed by atoms with van der Waals surface area (Å²) >= 11 is 0. The lowest BCUT2D eigenvalue weighted by molar-refractivity contribution is -0.299. The van der Waals surface area contributed by atoms with Crippen molar-refractivity contribution < 1.29 is 20.1 Å². The molecule has 3 atom stereocenters. The molecule has 1 rings (SSSR count). The number of aliphatic carboxylic acids is 1. The SMILES string of the molecule is N[C@H]1C=C(C(=O)[O-])C[C@@H](O)[C@@H]1O. The van der Waals surface area contributed by atoms with E-state index in [0.717, 1.165) is 0 Å². The molecule has 68 valence electrons. The van der Waals surface area contributed by atoms with Gasteiger partial charge in [-0.3, -0.25) is 0 Å². The summed E-state index contributed by atoms with van der Waals surface area (Å²) in [6, 6.07) is -0.832. The lowest BCUT2D eigenvalue weighted by Gasteiger charge is -2.28. The Labute approximate surface area is 69.1 Å². The number of hydrogen-bond acceptors (Lipinski definition) is 5. The fourth-order valence-electron chi connectivity index (χ4n) is 1.15. The molecule has 0 heterocycles. The van der Waals surface area contributed by atoms with Gasteiger partial charge < -0.3 is 25.8 Å². The average molecular weight is 172 g/mol. The smallest absolute Gasteiger partial charge is 0.0988 e. The van der Waals surface area contributed by atoms with Crippen LogP contribution in [0.4, 0.5) is 0 Å². The molecule has 5 nitrogen and oxygen atoms in total. The van der Waals surface area contributed by atoms with E-state index in [2.05, 4.69) is 0 Å². The molecule has 5 heteroatoms. The van der Waals surface area contributed by atoms with Gasteiger partial charge in [0.25, 0.3) is 0 Å². The zero-order valence-corrected chi connectivity index (χ0v) is 6.30. The van der Waals surface area contributed by atoms with Crippen molar-refractivity contribution in [3.8, 4) is 0 Å². The second-order valence-electron chi connectivity index (χ2n) is 2.82. The van der Waals surface area contributed by atoms with Gasteiger partial charge in [0.05, 0.1) is 24.2 Å². The third kappa shape index (κ3) is 1.63. The number of carbonyl (C=O) groups excluding carboxylic acids is 1. The molecule has 12 heavy (non-hydrogen) atoms. The highest BCUT2D eigenvalue weighted by molar-refractivity contribution is 5.85. The van der Waals surface area contributed by atoms with Gasteiger partial charge in [-0.1, -0.05) is 6.08 Å². The Balaban J connectivity index is 2.81. The van der Waals surface area contributed by atoms with Gasteiger partial charge in [0.1, 0.15) is 0 Å². The average Bonchev–Trinajstić information content (AvgIpc) is 1.99. The van der Waals surface area contributed by atoms with Crippen LogP contribution < -0.4 is 10.8 Å². The molecule has 0 amide bonds. The van der Waals surface area contributed by atoms with Crippen molar-refractivity contribution in [1.82, 2.24) is 0 Å². The van der Waals surface area contributed by atoms with Gasteiger partial charge in [-0.2, -0.15) is 0 Å². The van der Waals surface area contributed by atoms with Crippen LogP contribution in [0.1, 0.15) is 6.42 Å². The maximum absolute atomic E-state index is 10.3. The Morgan fingerprint density at radius 1 is 1.67 bits per heavy atom. The fraction of sp³-hybridized carbons (Fsp3) is 0.571. The van der Waals surface area contributed by atoms with Gasteiger partial charge in [-0.05, 0) is 5.57 Å². The third-order valence-corrected chi connectivity index (χ3v) is 1.87. The van der Waals surface area contributed by atoms with Gasteiger partial charge in [-0.15, -0.1) is 0 Å². The van der Waals surface area contributed by atoms with E-state index in [1.807, 2.05) is 0 Å². The van der Waals surface area contributed by atoms with E-state index in [1.165, 1.54) is 6.08 Å². The molecule has 0 aliphatic heterocycles. The van der Waals surface area contributed by atoms with Gasteiger partial charge in [0.2, 0.25) is 0 Å². The number of rotatable bonds is 1. The Morgan fingerprint density at radius 3 is 2.67 bits per heavy atom. The van der Waals surface area contributed by atoms with Gasteiger partial charge in [0, 0.05) is 6.42 Å². The fourth-order valence-corrected chi connectivity index (χ4v) is 1.15. The molecule has 1 aliphatic carbocycles. The number of aliphatic hydroxyl groups is 2. The standard InChI is InChI=1S/C7H11NO4/c8-4-1-3(7(11)12)2-5(9)6(4)10/h1,4-6,9-10H,2,8H2,(H,11,12)/p-1/t4-,5+,6+/m0/s1. The minimum Gasteiger partial charge on any atom is -0.545 e. The first kappa shape index (κ1) is 9.18. The predicted octanol–water partition coefficient (Wildman–Crippen LogP) is -2.88. The van der Waals surface area contributed by atoms with Crippen molar-refractivity contribution in [3.05, 3.63) is 11.6 Å². The predicted molar refractivity (Wildman–Crippen MR) is 37.7 cm³/mol. The number of carboxylic acid groups (broad SMARTS) is 1. The van der Waals surface area contributed by atoms with Crippen LogP contribution in [-0.4, -0.2) is 34.4 Å². The minimum atomic E-state index is -1.35. The lowest BCUT2D eigenvalue weighted by atomic mass is 9.91. The van der Waals surface area contributed by atoms with Crippen LogP contribution in [0.15, 0.2) is 11.6 Å². The van der Waals surface area contributed by atoms with Crippen LogP contribution in [0.3, 0.4) is 0 Å². The number of nitrogens with two attached hydrogens (primary N) is 1. The molecular weight excluding hydrogens is 162 g/mol. The molecule has 0 aromatic rings. The molecule has 1 aliphatic rings. The first-order valence-electron chi connectivity index (χ1n) is 3.56. The van der Waals surface area contributed by atoms with Crippen LogP contribution in [0.25, 0.3) is 0 Å². The molecular formula is C7H10NO4-. The molecule has 0 bridgehead atoms. The van der Waals surface area contributed by atoms with Crippen LogP contribution in [0.5, 0.6) is 0 Å². The summed E-state index contributed by atoms with van der Waals surface area (Å²) in [5.41, 5.74) is 5.26. The summed E-state index contributed by atoms with van der Waals surface area (Å²) in [6.45, 7) is 0. The first-order chi connectivity index (χ1) is 5.52. The molecule has 0 spiro atoms. The summed E-state index contributed by atoms with van der Waals surface area (Å²) in [5, 5.41) is 28.5. The number of aliphatic hydroxyl groups excluding tert-OH is 2. The Morgan fingerprint density at radius 2 is 2.25 bits per heavy atom. The summed E-state index contributed by atoms with van der Waals surface area (Å²) in [5.74, 6) is -1.35. The highest BCUT2D eigenvalue weighted by Gasteiger charge is 2.28. The van der Waals surface area contributed by atoms with Crippen LogP contribution in [0.2, 0.25) is 0 Å². The molecule has 0 radical (unpaired) electrons. The summed E-state index contributed by atoms with van der Waals surface area (Å²) in [7, 11) is 0. The van der Waals surface area contributed by atoms with Gasteiger partial charge >= 0.3 is 0 Å². The van der Waals surface area contributed by atoms with E-state index in [0.29, 0.717) is 0 Å². The van der Waals surface area contributed by atoms with Crippen molar-refractivity contribution >= 4 is 5.97 Å². The maximum Gasteiger partial charge on any atom is 0.0988 e. The number of carboxylic acids is 1. The molecule has 0 unspecified atom stereocenters. The number of carbonyl (C=O) groups is 1. The normalized spacial score (nSPS) is 35.9. The lowest BCUT2D eigenvalue weighted by Crippen LogP contribution is -2.46. The van der Waals surface area contributed by atoms with Crippen LogP contribution in [0, 0.1) is 0 Å². The molecule has 0 aromatic heterocycles. The second kappa shape index (κ2) is 3.22. The summed E-state index contributed by atoms with van der Waals surface area (Å²) in [6.07, 6.45) is -1.12. The van der Waals surface area contributed by atoms with E-state index in [4.69, 9.17) is 15.9 Å². The minimum absolute atomic E-state index is 0.0553. The highest BCUT2D eigenvalue weighted by Crippen LogP contribution is 2.17. The Hall–Kier alpha value is -0.910. The van der Waals surface area contributed by atoms with Crippen LogP contribution >= 0.6 is 0 Å². The summed E-state index contributed by atoms with van der Waals surface area (Å²) < 4.78 is 0. The molecule has 4 N–H and O–H groups in total. The van der Waals surface area contributed by atoms with E-state index in [-0.39, 0.29) is 12.0 Å². The van der Waals surface area contributed by atoms with Crippen molar-refractivity contribution in [2.24, 2.45) is 5.73 Å². The van der Waals surface area contributed by atoms with Crippen LogP contribution in [-0.2, 0) is 4.79 Å². The van der Waals surface area contributed by atoms with E-state index in [1.54, 1.807) is 0 Å². The highest BCUT2D eigenvalue weighted by atomic mass is 16.4. The van der Waals surface area contributed by atoms with Crippen molar-refractivity contribution in [1.29, 1.82) is 0 Å². The Bertz CT molecular complexity index is 225. The summed E-state index contributed by atoms with van der Waals surface area (Å²) in [4.78, 5) is 10.3. The van der Waals surface area contributed by atoms with E-state index < -0.39 is 24.2 Å². The third-order valence-electron chi connectivity index (χ3n) is 1.87. The maximum atomic E-state index is 10.3. The monoisotopic (exact) mass is 172 g/mol. The Kier molecular flexibility index (Phi) is 2.46. The zero-order chi connectivity index (χ0) is 9.30. The van der Waals surface area contributed by atoms with E-state index >= 15 is 0 Å². The molecule has 0 fully saturated rings. The number of hydrogen-bond donors (Lipinski definition) is 3. The zero-order valence-electron chi connectivity index (χ0n) is 6.30. The molecule has 0 saturated carbocycles. The second-order valence-corrected chi connectivity index (χ2v) is 2.82. The molecule has 0 saturated heterocycles. The van der Waals surface area contributed by atoms with Crippen molar-refractivity contribution in [2.75, 3.05) is 0 Å². The quantitative estimate of drug-likeness (QED) is 0.393. The van der Waals surface area contributed by atoms with Gasteiger partial charge in [-0.25, -0.2) is 0 Å².